The van der Waals surface area contributed by atoms with Crippen LogP contribution in [0.4, 0.5) is 0 Å². The summed E-state index contributed by atoms with van der Waals surface area (Å²) in [4.78, 5) is 30.0. The molecule has 1 aromatic heterocycles. The summed E-state index contributed by atoms with van der Waals surface area (Å²) in [5.41, 5.74) is 1.54. The SMILES string of the molecule is COc1cccc(C(C(=O)NC2CCCCC2)N(Cc2ccccc2OC)C(=O)c2cccs2)c1. The molecule has 7 heteroatoms. The highest BCUT2D eigenvalue weighted by molar-refractivity contribution is 7.12. The Morgan fingerprint density at radius 3 is 2.51 bits per heavy atom. The first-order valence-corrected chi connectivity index (χ1v) is 12.9. The quantitative estimate of drug-likeness (QED) is 0.422. The lowest BCUT2D eigenvalue weighted by atomic mass is 9.94. The maximum Gasteiger partial charge on any atom is 0.265 e. The van der Waals surface area contributed by atoms with Crippen molar-refractivity contribution >= 4 is 23.2 Å². The third-order valence-electron chi connectivity index (χ3n) is 6.45. The van der Waals surface area contributed by atoms with E-state index in [9.17, 15) is 9.59 Å². The number of para-hydroxylation sites is 1. The van der Waals surface area contributed by atoms with Crippen molar-refractivity contribution in [1.29, 1.82) is 0 Å². The molecule has 0 aliphatic heterocycles. The van der Waals surface area contributed by atoms with Gasteiger partial charge in [-0.1, -0.05) is 55.7 Å². The normalized spacial score (nSPS) is 14.7. The summed E-state index contributed by atoms with van der Waals surface area (Å²) >= 11 is 1.37. The number of hydrogen-bond acceptors (Lipinski definition) is 5. The number of benzene rings is 2. The predicted molar refractivity (Wildman–Crippen MR) is 138 cm³/mol. The Kier molecular flexibility index (Phi) is 8.42. The molecule has 1 N–H and O–H groups in total. The van der Waals surface area contributed by atoms with Crippen LogP contribution in [0.1, 0.15) is 58.9 Å². The van der Waals surface area contributed by atoms with Crippen LogP contribution in [0.5, 0.6) is 11.5 Å². The minimum atomic E-state index is -0.827. The molecule has 6 nitrogen and oxygen atoms in total. The molecule has 4 rings (SSSR count). The monoisotopic (exact) mass is 492 g/mol. The van der Waals surface area contributed by atoms with Gasteiger partial charge in [0.05, 0.1) is 25.6 Å². The van der Waals surface area contributed by atoms with Gasteiger partial charge in [0.2, 0.25) is 5.91 Å². The minimum absolute atomic E-state index is 0.120. The first-order chi connectivity index (χ1) is 17.1. The number of carbonyl (C=O) groups is 2. The lowest BCUT2D eigenvalue weighted by Crippen LogP contribution is -2.46. The van der Waals surface area contributed by atoms with Crippen LogP contribution in [0.2, 0.25) is 0 Å². The second-order valence-corrected chi connectivity index (χ2v) is 9.69. The zero-order chi connectivity index (χ0) is 24.6. The summed E-state index contributed by atoms with van der Waals surface area (Å²) < 4.78 is 11.0. The van der Waals surface area contributed by atoms with Crippen LogP contribution in [-0.4, -0.2) is 37.0 Å². The zero-order valence-corrected chi connectivity index (χ0v) is 21.1. The molecule has 1 saturated carbocycles. The third-order valence-corrected chi connectivity index (χ3v) is 7.30. The molecule has 0 bridgehead atoms. The molecular weight excluding hydrogens is 460 g/mol. The molecule has 2 amide bonds. The topological polar surface area (TPSA) is 67.9 Å². The van der Waals surface area contributed by atoms with Gasteiger partial charge in [0, 0.05) is 11.6 Å². The Morgan fingerprint density at radius 1 is 1.00 bits per heavy atom. The van der Waals surface area contributed by atoms with E-state index in [-0.39, 0.29) is 24.4 Å². The second kappa shape index (κ2) is 11.9. The van der Waals surface area contributed by atoms with Crippen LogP contribution in [0.15, 0.2) is 66.0 Å². The largest absolute Gasteiger partial charge is 0.497 e. The summed E-state index contributed by atoms with van der Waals surface area (Å²) in [6, 6.07) is 17.9. The molecule has 1 atom stereocenters. The smallest absolute Gasteiger partial charge is 0.265 e. The van der Waals surface area contributed by atoms with Gasteiger partial charge < -0.3 is 19.7 Å². The number of amides is 2. The van der Waals surface area contributed by atoms with Gasteiger partial charge in [-0.25, -0.2) is 0 Å². The van der Waals surface area contributed by atoms with E-state index < -0.39 is 6.04 Å². The maximum absolute atomic E-state index is 13.9. The van der Waals surface area contributed by atoms with Crippen LogP contribution in [0.25, 0.3) is 0 Å². The van der Waals surface area contributed by atoms with E-state index in [0.29, 0.717) is 21.9 Å². The van der Waals surface area contributed by atoms with Crippen LogP contribution in [0.3, 0.4) is 0 Å². The van der Waals surface area contributed by atoms with Gasteiger partial charge in [-0.05, 0) is 48.1 Å². The van der Waals surface area contributed by atoms with Crippen LogP contribution >= 0.6 is 11.3 Å². The van der Waals surface area contributed by atoms with E-state index in [4.69, 9.17) is 9.47 Å². The Hall–Kier alpha value is -3.32. The molecular formula is C28H32N2O4S. The molecule has 1 aliphatic rings. The average Bonchev–Trinajstić information content (AvgIpc) is 3.44. The van der Waals surface area contributed by atoms with E-state index in [2.05, 4.69) is 5.32 Å². The van der Waals surface area contributed by atoms with Crippen molar-refractivity contribution in [3.8, 4) is 11.5 Å². The maximum atomic E-state index is 13.9. The number of thiophene rings is 1. The van der Waals surface area contributed by atoms with Gasteiger partial charge in [0.15, 0.2) is 0 Å². The molecule has 1 unspecified atom stereocenters. The molecule has 184 valence electrons. The van der Waals surface area contributed by atoms with E-state index in [0.717, 1.165) is 31.2 Å². The molecule has 0 radical (unpaired) electrons. The molecule has 3 aromatic rings. The van der Waals surface area contributed by atoms with Crippen LogP contribution in [-0.2, 0) is 11.3 Å². The molecule has 1 aliphatic carbocycles. The summed E-state index contributed by atoms with van der Waals surface area (Å²) in [5, 5.41) is 5.12. The van der Waals surface area contributed by atoms with Crippen molar-refractivity contribution in [2.45, 2.75) is 50.7 Å². The van der Waals surface area contributed by atoms with Crippen LogP contribution < -0.4 is 14.8 Å². The van der Waals surface area contributed by atoms with E-state index in [1.165, 1.54) is 17.8 Å². The zero-order valence-electron chi connectivity index (χ0n) is 20.2. The molecule has 1 fully saturated rings. The predicted octanol–water partition coefficient (Wildman–Crippen LogP) is 5.60. The lowest BCUT2D eigenvalue weighted by Gasteiger charge is -2.33. The first-order valence-electron chi connectivity index (χ1n) is 12.0. The summed E-state index contributed by atoms with van der Waals surface area (Å²) in [6.07, 6.45) is 5.33. The van der Waals surface area contributed by atoms with E-state index in [1.54, 1.807) is 25.2 Å². The van der Waals surface area contributed by atoms with Crippen molar-refractivity contribution < 1.29 is 19.1 Å². The third kappa shape index (κ3) is 6.03. The Bertz CT molecular complexity index is 1130. The second-order valence-electron chi connectivity index (χ2n) is 8.74. The molecule has 2 aromatic carbocycles. The van der Waals surface area contributed by atoms with Gasteiger partial charge in [-0.2, -0.15) is 0 Å². The highest BCUT2D eigenvalue weighted by Crippen LogP contribution is 2.31. The fourth-order valence-electron chi connectivity index (χ4n) is 4.65. The van der Waals surface area contributed by atoms with Gasteiger partial charge in [-0.15, -0.1) is 11.3 Å². The minimum Gasteiger partial charge on any atom is -0.497 e. The highest BCUT2D eigenvalue weighted by Gasteiger charge is 2.34. The van der Waals surface area contributed by atoms with Gasteiger partial charge in [-0.3, -0.25) is 9.59 Å². The molecule has 0 saturated heterocycles. The molecule has 35 heavy (non-hydrogen) atoms. The lowest BCUT2D eigenvalue weighted by molar-refractivity contribution is -0.127. The molecule has 1 heterocycles. The highest BCUT2D eigenvalue weighted by atomic mass is 32.1. The van der Waals surface area contributed by atoms with Crippen molar-refractivity contribution in [3.05, 3.63) is 82.0 Å². The van der Waals surface area contributed by atoms with Crippen molar-refractivity contribution in [1.82, 2.24) is 10.2 Å². The van der Waals surface area contributed by atoms with Gasteiger partial charge in [0.25, 0.3) is 5.91 Å². The summed E-state index contributed by atoms with van der Waals surface area (Å²) in [6.45, 7) is 0.223. The Balaban J connectivity index is 1.77. The number of rotatable bonds is 9. The standard InChI is InChI=1S/C28H32N2O4S/c1-33-23-14-8-11-20(18-23)26(27(31)29-22-12-4-3-5-13-22)30(28(32)25-16-9-17-35-25)19-21-10-6-7-15-24(21)34-2/h6-11,14-18,22,26H,3-5,12-13,19H2,1-2H3,(H,29,31). The number of carbonyl (C=O) groups excluding carboxylic acids is 2. The fourth-order valence-corrected chi connectivity index (χ4v) is 5.33. The summed E-state index contributed by atoms with van der Waals surface area (Å²) in [7, 11) is 3.21. The first kappa shape index (κ1) is 24.8. The number of methoxy groups -OCH3 is 2. The number of ether oxygens (including phenoxy) is 2. The van der Waals surface area contributed by atoms with Crippen molar-refractivity contribution in [3.63, 3.8) is 0 Å². The van der Waals surface area contributed by atoms with E-state index in [1.807, 2.05) is 60.0 Å². The average molecular weight is 493 g/mol. The van der Waals surface area contributed by atoms with E-state index >= 15 is 0 Å². The summed E-state index contributed by atoms with van der Waals surface area (Å²) in [5.74, 6) is 0.940. The van der Waals surface area contributed by atoms with Crippen molar-refractivity contribution in [2.24, 2.45) is 0 Å². The number of nitrogens with zero attached hydrogens (tertiary/aromatic N) is 1. The van der Waals surface area contributed by atoms with Gasteiger partial charge in [0.1, 0.15) is 17.5 Å². The molecule has 0 spiro atoms. The van der Waals surface area contributed by atoms with Crippen LogP contribution in [0, 0.1) is 0 Å². The Labute approximate surface area is 210 Å². The number of hydrogen-bond donors (Lipinski definition) is 1. The van der Waals surface area contributed by atoms with Crippen molar-refractivity contribution in [2.75, 3.05) is 14.2 Å². The fraction of sp³-hybridized carbons (Fsp3) is 0.357. The Morgan fingerprint density at radius 2 is 1.80 bits per heavy atom. The van der Waals surface area contributed by atoms with Gasteiger partial charge >= 0.3 is 0 Å². The number of nitrogens with one attached hydrogen (secondary N) is 1.